The molecule has 15 nitrogen and oxygen atoms in total. The van der Waals surface area contributed by atoms with Crippen LogP contribution < -0.4 is 19.0 Å². The maximum absolute atomic E-state index is 13.0. The SMILES string of the molecule is CCCCOc1ccc(/C=C/C(=O)c2cccc(Oc3cc(O/N=[N+](\[O-])N4CCCCC4)c([N+](=O)[O-])cc3[N+](=O)[O-])c2)cc1OC. The molecule has 1 fully saturated rings. The van der Waals surface area contributed by atoms with E-state index in [4.69, 9.17) is 19.0 Å². The molecule has 0 bridgehead atoms. The van der Waals surface area contributed by atoms with Crippen molar-refractivity contribution in [3.63, 3.8) is 0 Å². The van der Waals surface area contributed by atoms with E-state index in [0.717, 1.165) is 38.2 Å². The average Bonchev–Trinajstić information content (AvgIpc) is 3.06. The first-order valence-electron chi connectivity index (χ1n) is 14.6. The van der Waals surface area contributed by atoms with Crippen LogP contribution in [0.3, 0.4) is 0 Å². The minimum absolute atomic E-state index is 0.0353. The highest BCUT2D eigenvalue weighted by molar-refractivity contribution is 6.07. The Morgan fingerprint density at radius 2 is 1.65 bits per heavy atom. The second kappa shape index (κ2) is 15.8. The van der Waals surface area contributed by atoms with Crippen molar-refractivity contribution in [3.8, 4) is 28.7 Å². The third kappa shape index (κ3) is 8.68. The van der Waals surface area contributed by atoms with E-state index < -0.39 is 32.7 Å². The summed E-state index contributed by atoms with van der Waals surface area (Å²) in [7, 11) is 1.53. The Kier molecular flexibility index (Phi) is 11.4. The number of ether oxygens (including phenoxy) is 3. The van der Waals surface area contributed by atoms with Gasteiger partial charge < -0.3 is 19.4 Å². The lowest BCUT2D eigenvalue weighted by molar-refractivity contribution is -0.708. The van der Waals surface area contributed by atoms with Crippen molar-refractivity contribution in [2.75, 3.05) is 26.8 Å². The molecule has 242 valence electrons. The smallest absolute Gasteiger partial charge is 0.321 e. The number of nitrogens with zero attached hydrogens (tertiary/aromatic N) is 5. The second-order valence-electron chi connectivity index (χ2n) is 10.2. The number of hydrazine groups is 1. The van der Waals surface area contributed by atoms with E-state index in [-0.39, 0.29) is 22.1 Å². The number of nitro groups is 2. The summed E-state index contributed by atoms with van der Waals surface area (Å²) >= 11 is 0. The number of piperidine rings is 1. The van der Waals surface area contributed by atoms with Gasteiger partial charge in [0.25, 0.3) is 0 Å². The predicted octanol–water partition coefficient (Wildman–Crippen LogP) is 7.04. The van der Waals surface area contributed by atoms with Crippen molar-refractivity contribution in [2.24, 2.45) is 5.28 Å². The van der Waals surface area contributed by atoms with Crippen molar-refractivity contribution in [2.45, 2.75) is 39.0 Å². The number of benzene rings is 3. The highest BCUT2D eigenvalue weighted by Crippen LogP contribution is 2.41. The van der Waals surface area contributed by atoms with Crippen LogP contribution in [0.2, 0.25) is 0 Å². The topological polar surface area (TPSA) is 182 Å². The minimum Gasteiger partial charge on any atom is -0.569 e. The first kappa shape index (κ1) is 33.2. The Hall–Kier alpha value is -5.73. The monoisotopic (exact) mass is 635 g/mol. The van der Waals surface area contributed by atoms with Crippen molar-refractivity contribution < 1.29 is 38.7 Å². The van der Waals surface area contributed by atoms with Crippen LogP contribution in [-0.4, -0.2) is 52.4 Å². The van der Waals surface area contributed by atoms with Gasteiger partial charge in [-0.3, -0.25) is 29.9 Å². The second-order valence-corrected chi connectivity index (χ2v) is 10.2. The summed E-state index contributed by atoms with van der Waals surface area (Å²) in [5.41, 5.74) is -0.625. The Morgan fingerprint density at radius 3 is 2.35 bits per heavy atom. The fourth-order valence-electron chi connectivity index (χ4n) is 4.50. The maximum Gasteiger partial charge on any atom is 0.321 e. The standard InChI is InChI=1S/C31H33N5O10/c1-3-4-17-44-28-14-12-22(18-31(28)43-2)11-13-27(37)23-9-8-10-24(19-23)45-29-21-30(26(35(40)41)20-25(29)34(38)39)46-32-36(42)33-15-6-5-7-16-33/h8-14,18-21H,3-7,15-17H2,1-2H3/b13-11+,36-32-. The molecule has 0 aromatic heterocycles. The van der Waals surface area contributed by atoms with Crippen LogP contribution in [0.5, 0.6) is 28.7 Å². The van der Waals surface area contributed by atoms with Crippen molar-refractivity contribution in [1.82, 2.24) is 5.01 Å². The molecule has 3 aromatic carbocycles. The highest BCUT2D eigenvalue weighted by atomic mass is 16.7. The van der Waals surface area contributed by atoms with Crippen LogP contribution in [0.1, 0.15) is 54.9 Å². The molecule has 0 radical (unpaired) electrons. The number of allylic oxidation sites excluding steroid dienone is 1. The van der Waals surface area contributed by atoms with E-state index in [9.17, 15) is 30.2 Å². The van der Waals surface area contributed by atoms with Gasteiger partial charge in [-0.15, -0.1) is 5.01 Å². The molecule has 15 heteroatoms. The molecule has 4 rings (SSSR count). The molecule has 0 unspecified atom stereocenters. The van der Waals surface area contributed by atoms with E-state index in [0.29, 0.717) is 42.8 Å². The van der Waals surface area contributed by atoms with Crippen LogP contribution in [0.4, 0.5) is 11.4 Å². The number of carbonyl (C=O) groups excluding carboxylic acids is 1. The number of hydrogen-bond acceptors (Lipinski definition) is 11. The number of rotatable bonds is 15. The molecule has 0 N–H and O–H groups in total. The van der Waals surface area contributed by atoms with Crippen LogP contribution >= 0.6 is 0 Å². The number of ketones is 1. The molecular formula is C31H33N5O10. The first-order chi connectivity index (χ1) is 22.2. The van der Waals surface area contributed by atoms with E-state index in [2.05, 4.69) is 12.2 Å². The van der Waals surface area contributed by atoms with E-state index in [1.807, 2.05) is 0 Å². The van der Waals surface area contributed by atoms with Gasteiger partial charge in [0.05, 0.1) is 41.6 Å². The number of carbonyl (C=O) groups is 1. The van der Waals surface area contributed by atoms with Gasteiger partial charge in [-0.25, -0.2) is 0 Å². The Balaban J connectivity index is 1.55. The van der Waals surface area contributed by atoms with Crippen LogP contribution in [0.15, 0.2) is 66.0 Å². The molecule has 3 aromatic rings. The largest absolute Gasteiger partial charge is 0.569 e. The zero-order valence-corrected chi connectivity index (χ0v) is 25.3. The van der Waals surface area contributed by atoms with Crippen LogP contribution in [0, 0.1) is 25.4 Å². The molecule has 0 aliphatic carbocycles. The minimum atomic E-state index is -0.897. The molecular weight excluding hydrogens is 602 g/mol. The van der Waals surface area contributed by atoms with Gasteiger partial charge >= 0.3 is 11.4 Å². The average molecular weight is 636 g/mol. The van der Waals surface area contributed by atoms with Gasteiger partial charge in [0.1, 0.15) is 11.8 Å². The lowest BCUT2D eigenvalue weighted by atomic mass is 10.1. The fourth-order valence-corrected chi connectivity index (χ4v) is 4.50. The molecule has 46 heavy (non-hydrogen) atoms. The molecule has 1 heterocycles. The predicted molar refractivity (Wildman–Crippen MR) is 165 cm³/mol. The summed E-state index contributed by atoms with van der Waals surface area (Å²) in [6.45, 7) is 3.50. The Labute approximate surface area is 264 Å². The number of hydrogen-bond donors (Lipinski definition) is 0. The van der Waals surface area contributed by atoms with Crippen LogP contribution in [-0.2, 0) is 0 Å². The summed E-state index contributed by atoms with van der Waals surface area (Å²) in [5.74, 6) is -0.203. The number of methoxy groups -OCH3 is 1. The number of unbranched alkanes of at least 4 members (excludes halogenated alkanes) is 1. The van der Waals surface area contributed by atoms with Crippen molar-refractivity contribution in [3.05, 3.63) is 97.2 Å². The fraction of sp³-hybridized carbons (Fsp3) is 0.323. The first-order valence-corrected chi connectivity index (χ1v) is 14.6. The quantitative estimate of drug-likeness (QED) is 0.0318. The highest BCUT2D eigenvalue weighted by Gasteiger charge is 2.29. The van der Waals surface area contributed by atoms with Crippen molar-refractivity contribution in [1.29, 1.82) is 0 Å². The Bertz CT molecular complexity index is 1640. The molecule has 0 amide bonds. The molecule has 1 aliphatic heterocycles. The summed E-state index contributed by atoms with van der Waals surface area (Å²) < 4.78 is 16.9. The van der Waals surface area contributed by atoms with E-state index in [1.165, 1.54) is 42.5 Å². The van der Waals surface area contributed by atoms with Gasteiger partial charge in [-0.2, -0.15) is 0 Å². The van der Waals surface area contributed by atoms with Gasteiger partial charge in [0.15, 0.2) is 17.3 Å². The molecule has 1 aliphatic rings. The van der Waals surface area contributed by atoms with Gasteiger partial charge in [-0.1, -0.05) is 37.6 Å². The van der Waals surface area contributed by atoms with Gasteiger partial charge in [0.2, 0.25) is 16.8 Å². The number of nitro benzene ring substituents is 2. The lowest BCUT2D eigenvalue weighted by Crippen LogP contribution is -2.35. The van der Waals surface area contributed by atoms with Crippen molar-refractivity contribution >= 4 is 23.2 Å². The normalized spacial score (nSPS) is 13.3. The summed E-state index contributed by atoms with van der Waals surface area (Å²) in [6, 6.07) is 12.7. The summed E-state index contributed by atoms with van der Waals surface area (Å²) in [5, 5.41) is 40.6. The molecule has 1 saturated heterocycles. The summed E-state index contributed by atoms with van der Waals surface area (Å²) in [6.07, 6.45) is 7.37. The van der Waals surface area contributed by atoms with Crippen LogP contribution in [0.25, 0.3) is 6.08 Å². The van der Waals surface area contributed by atoms with Gasteiger partial charge in [-0.05, 0) is 61.6 Å². The summed E-state index contributed by atoms with van der Waals surface area (Å²) in [4.78, 5) is 40.0. The molecule has 0 spiro atoms. The third-order valence-electron chi connectivity index (χ3n) is 6.93. The lowest BCUT2D eigenvalue weighted by Gasteiger charge is -2.21. The Morgan fingerprint density at radius 1 is 0.913 bits per heavy atom. The third-order valence-corrected chi connectivity index (χ3v) is 6.93. The zero-order chi connectivity index (χ0) is 33.1. The van der Waals surface area contributed by atoms with Gasteiger partial charge in [0, 0.05) is 11.6 Å². The van der Waals surface area contributed by atoms with E-state index >= 15 is 0 Å². The van der Waals surface area contributed by atoms with E-state index in [1.54, 1.807) is 24.3 Å². The molecule has 0 saturated carbocycles. The zero-order valence-electron chi connectivity index (χ0n) is 25.3. The maximum atomic E-state index is 13.0. The molecule has 0 atom stereocenters.